The summed E-state index contributed by atoms with van der Waals surface area (Å²) < 4.78 is 31.2. The van der Waals surface area contributed by atoms with Gasteiger partial charge in [0.25, 0.3) is 12.3 Å². The van der Waals surface area contributed by atoms with Crippen molar-refractivity contribution >= 4 is 23.6 Å². The smallest absolute Gasteiger partial charge is 0.307 e. The van der Waals surface area contributed by atoms with E-state index in [4.69, 9.17) is 4.74 Å². The van der Waals surface area contributed by atoms with Crippen LogP contribution < -0.4 is 10.6 Å². The maximum Gasteiger partial charge on any atom is 0.307 e. The molecule has 2 aliphatic heterocycles. The lowest BCUT2D eigenvalue weighted by Gasteiger charge is -2.18. The van der Waals surface area contributed by atoms with Crippen molar-refractivity contribution in [3.63, 3.8) is 0 Å². The second kappa shape index (κ2) is 8.85. The predicted octanol–water partition coefficient (Wildman–Crippen LogP) is 2.87. The van der Waals surface area contributed by atoms with Gasteiger partial charge >= 0.3 is 5.97 Å². The fourth-order valence-electron chi connectivity index (χ4n) is 2.61. The average molecular weight is 392 g/mol. The van der Waals surface area contributed by atoms with Crippen LogP contribution in [0, 0.1) is 0 Å². The number of alkyl halides is 2. The number of ether oxygens (including phenoxy) is 1. The SMILES string of the molecule is O=C(CCNC(=O)C1=CC2NC=CC(C(F)F)=C2S1)OCc1ccccc1. The van der Waals surface area contributed by atoms with Gasteiger partial charge in [0.1, 0.15) is 6.61 Å². The van der Waals surface area contributed by atoms with E-state index in [0.717, 1.165) is 17.3 Å². The number of allylic oxidation sites excluding steroid dienone is 2. The summed E-state index contributed by atoms with van der Waals surface area (Å²) >= 11 is 1.02. The minimum absolute atomic E-state index is 0.0325. The second-order valence-electron chi connectivity index (χ2n) is 5.88. The lowest BCUT2D eigenvalue weighted by Crippen LogP contribution is -2.27. The highest BCUT2D eigenvalue weighted by molar-refractivity contribution is 8.08. The summed E-state index contributed by atoms with van der Waals surface area (Å²) in [5.74, 6) is -0.817. The van der Waals surface area contributed by atoms with Crippen molar-refractivity contribution in [2.75, 3.05) is 6.54 Å². The van der Waals surface area contributed by atoms with E-state index in [9.17, 15) is 18.4 Å². The first-order chi connectivity index (χ1) is 13.0. The van der Waals surface area contributed by atoms with Crippen molar-refractivity contribution in [2.24, 2.45) is 0 Å². The maximum atomic E-state index is 13.0. The molecule has 0 saturated carbocycles. The van der Waals surface area contributed by atoms with Gasteiger partial charge in [-0.15, -0.1) is 0 Å². The molecule has 8 heteroatoms. The Morgan fingerprint density at radius 2 is 2.04 bits per heavy atom. The molecule has 0 fully saturated rings. The highest BCUT2D eigenvalue weighted by Gasteiger charge is 2.32. The van der Waals surface area contributed by atoms with E-state index in [-0.39, 0.29) is 25.1 Å². The van der Waals surface area contributed by atoms with Crippen molar-refractivity contribution in [2.45, 2.75) is 25.5 Å². The van der Waals surface area contributed by atoms with Gasteiger partial charge in [-0.05, 0) is 23.9 Å². The van der Waals surface area contributed by atoms with Crippen LogP contribution in [0.25, 0.3) is 0 Å². The number of dihydropyridines is 1. The number of nitrogens with one attached hydrogen (secondary N) is 2. The van der Waals surface area contributed by atoms with E-state index in [2.05, 4.69) is 10.6 Å². The standard InChI is InChI=1S/C19H18F2N2O3S/c20-18(21)13-6-8-22-14-10-15(27-17(13)14)19(25)23-9-7-16(24)26-11-12-4-2-1-3-5-12/h1-6,8,10,14,18,22H,7,9,11H2,(H,23,25). The second-order valence-corrected chi connectivity index (χ2v) is 6.97. The number of fused-ring (bicyclic) bond motifs is 1. The third kappa shape index (κ3) is 4.97. The zero-order valence-corrected chi connectivity index (χ0v) is 15.1. The van der Waals surface area contributed by atoms with E-state index in [1.807, 2.05) is 30.3 Å². The van der Waals surface area contributed by atoms with Gasteiger partial charge in [0, 0.05) is 17.0 Å². The Morgan fingerprint density at radius 3 is 2.78 bits per heavy atom. The van der Waals surface area contributed by atoms with Crippen molar-refractivity contribution in [1.82, 2.24) is 10.6 Å². The topological polar surface area (TPSA) is 67.4 Å². The van der Waals surface area contributed by atoms with Crippen LogP contribution in [0.4, 0.5) is 8.78 Å². The van der Waals surface area contributed by atoms with Gasteiger partial charge in [-0.2, -0.15) is 0 Å². The molecule has 3 rings (SSSR count). The first-order valence-corrected chi connectivity index (χ1v) is 9.18. The van der Waals surface area contributed by atoms with Crippen molar-refractivity contribution in [1.29, 1.82) is 0 Å². The summed E-state index contributed by atoms with van der Waals surface area (Å²) in [4.78, 5) is 24.7. The molecule has 2 N–H and O–H groups in total. The lowest BCUT2D eigenvalue weighted by atomic mass is 10.1. The first-order valence-electron chi connectivity index (χ1n) is 8.37. The maximum absolute atomic E-state index is 13.0. The molecule has 0 bridgehead atoms. The Balaban J connectivity index is 1.44. The van der Waals surface area contributed by atoms with Crippen LogP contribution >= 0.6 is 11.8 Å². The fourth-order valence-corrected chi connectivity index (χ4v) is 3.75. The molecular weight excluding hydrogens is 374 g/mol. The third-order valence-electron chi connectivity index (χ3n) is 3.96. The largest absolute Gasteiger partial charge is 0.461 e. The summed E-state index contributed by atoms with van der Waals surface area (Å²) in [6.07, 6.45) is 1.82. The number of halogens is 2. The first kappa shape index (κ1) is 19.2. The number of hydrogen-bond acceptors (Lipinski definition) is 5. The highest BCUT2D eigenvalue weighted by atomic mass is 32.2. The average Bonchev–Trinajstić information content (AvgIpc) is 3.11. The molecule has 1 unspecified atom stereocenters. The Morgan fingerprint density at radius 1 is 1.26 bits per heavy atom. The number of carbonyl (C=O) groups excluding carboxylic acids is 2. The van der Waals surface area contributed by atoms with E-state index < -0.39 is 24.3 Å². The lowest BCUT2D eigenvalue weighted by molar-refractivity contribution is -0.144. The third-order valence-corrected chi connectivity index (χ3v) is 5.21. The Kier molecular flexibility index (Phi) is 6.28. The molecule has 5 nitrogen and oxygen atoms in total. The summed E-state index contributed by atoms with van der Waals surface area (Å²) in [5, 5.41) is 5.55. The molecule has 0 spiro atoms. The Bertz CT molecular complexity index is 806. The van der Waals surface area contributed by atoms with Crippen LogP contribution in [0.3, 0.4) is 0 Å². The molecule has 0 saturated heterocycles. The molecule has 0 aliphatic carbocycles. The number of benzene rings is 1. The molecule has 1 aromatic rings. The van der Waals surface area contributed by atoms with Crippen molar-refractivity contribution in [3.8, 4) is 0 Å². The zero-order valence-electron chi connectivity index (χ0n) is 14.3. The van der Waals surface area contributed by atoms with Crippen LogP contribution in [0.1, 0.15) is 12.0 Å². The monoisotopic (exact) mass is 392 g/mol. The molecule has 2 aliphatic rings. The molecule has 142 valence electrons. The normalized spacial score (nSPS) is 18.0. The number of rotatable bonds is 7. The van der Waals surface area contributed by atoms with Gasteiger partial charge in [-0.25, -0.2) is 8.78 Å². The quantitative estimate of drug-likeness (QED) is 0.699. The summed E-state index contributed by atoms with van der Waals surface area (Å²) in [5.41, 5.74) is 0.807. The molecule has 0 radical (unpaired) electrons. The van der Waals surface area contributed by atoms with Gasteiger partial charge in [0.05, 0.1) is 17.4 Å². The van der Waals surface area contributed by atoms with Crippen LogP contribution in [0.15, 0.2) is 64.1 Å². The minimum atomic E-state index is -2.59. The Hall–Kier alpha value is -2.61. The molecule has 1 atom stereocenters. The van der Waals surface area contributed by atoms with Gasteiger partial charge < -0.3 is 15.4 Å². The zero-order chi connectivity index (χ0) is 19.2. The minimum Gasteiger partial charge on any atom is -0.461 e. The number of amides is 1. The number of hydrogen-bond donors (Lipinski definition) is 2. The van der Waals surface area contributed by atoms with Crippen LogP contribution in [0.5, 0.6) is 0 Å². The number of thioether (sulfide) groups is 1. The number of esters is 1. The highest BCUT2D eigenvalue weighted by Crippen LogP contribution is 2.41. The van der Waals surface area contributed by atoms with E-state index in [1.54, 1.807) is 6.08 Å². The van der Waals surface area contributed by atoms with E-state index >= 15 is 0 Å². The van der Waals surface area contributed by atoms with Gasteiger partial charge in [0.15, 0.2) is 0 Å². The molecule has 1 amide bonds. The van der Waals surface area contributed by atoms with Crippen LogP contribution in [-0.4, -0.2) is 30.9 Å². The molecule has 27 heavy (non-hydrogen) atoms. The molecule has 0 aromatic heterocycles. The summed E-state index contributed by atoms with van der Waals surface area (Å²) in [6.45, 7) is 0.293. The molecular formula is C19H18F2N2O3S. The number of carbonyl (C=O) groups is 2. The van der Waals surface area contributed by atoms with Crippen molar-refractivity contribution in [3.05, 3.63) is 69.6 Å². The van der Waals surface area contributed by atoms with E-state index in [0.29, 0.717) is 9.81 Å². The molecule has 1 aromatic carbocycles. The Labute approximate surface area is 159 Å². The van der Waals surface area contributed by atoms with Crippen molar-refractivity contribution < 1.29 is 23.1 Å². The summed E-state index contributed by atoms with van der Waals surface area (Å²) in [7, 11) is 0. The summed E-state index contributed by atoms with van der Waals surface area (Å²) in [6, 6.07) is 8.87. The van der Waals surface area contributed by atoms with Crippen LogP contribution in [0.2, 0.25) is 0 Å². The molecule has 2 heterocycles. The van der Waals surface area contributed by atoms with E-state index in [1.165, 1.54) is 12.3 Å². The fraction of sp³-hybridized carbons (Fsp3) is 0.263. The van der Waals surface area contributed by atoms with Crippen LogP contribution in [-0.2, 0) is 20.9 Å². The predicted molar refractivity (Wildman–Crippen MR) is 98.6 cm³/mol. The van der Waals surface area contributed by atoms with Gasteiger partial charge in [-0.1, -0.05) is 42.1 Å². The van der Waals surface area contributed by atoms with Gasteiger partial charge in [-0.3, -0.25) is 9.59 Å². The van der Waals surface area contributed by atoms with Gasteiger partial charge in [0.2, 0.25) is 0 Å².